The Labute approximate surface area is 146 Å². The summed E-state index contributed by atoms with van der Waals surface area (Å²) >= 11 is 0. The molecule has 0 unspecified atom stereocenters. The van der Waals surface area contributed by atoms with Crippen LogP contribution in [0.15, 0.2) is 48.5 Å². The van der Waals surface area contributed by atoms with E-state index in [4.69, 9.17) is 4.74 Å². The molecule has 0 saturated carbocycles. The van der Waals surface area contributed by atoms with Crippen LogP contribution in [-0.4, -0.2) is 23.7 Å². The standard InChI is InChI=1S/C19H20N2O4/c1-12(22)15-5-4-6-17(11-15)21-19(24)13(2)25-18-9-7-16(8-10-18)20-14(3)23/h4-11,13H,1-3H3,(H,20,23)(H,21,24)/t13-/m1/s1. The second kappa shape index (κ2) is 8.10. The van der Waals surface area contributed by atoms with Gasteiger partial charge in [0.1, 0.15) is 5.75 Å². The van der Waals surface area contributed by atoms with Crippen LogP contribution in [0.4, 0.5) is 11.4 Å². The monoisotopic (exact) mass is 340 g/mol. The molecule has 6 nitrogen and oxygen atoms in total. The van der Waals surface area contributed by atoms with Crippen molar-refractivity contribution in [2.75, 3.05) is 10.6 Å². The summed E-state index contributed by atoms with van der Waals surface area (Å²) in [6.07, 6.45) is -0.729. The van der Waals surface area contributed by atoms with Crippen LogP contribution >= 0.6 is 0 Å². The molecule has 6 heteroatoms. The highest BCUT2D eigenvalue weighted by atomic mass is 16.5. The molecule has 1 atom stereocenters. The van der Waals surface area contributed by atoms with Gasteiger partial charge < -0.3 is 15.4 Å². The lowest BCUT2D eigenvalue weighted by Gasteiger charge is -2.15. The van der Waals surface area contributed by atoms with E-state index in [0.717, 1.165) is 0 Å². The maximum absolute atomic E-state index is 12.2. The molecular weight excluding hydrogens is 320 g/mol. The highest BCUT2D eigenvalue weighted by molar-refractivity contribution is 5.98. The van der Waals surface area contributed by atoms with Gasteiger partial charge in [-0.3, -0.25) is 14.4 Å². The quantitative estimate of drug-likeness (QED) is 0.791. The van der Waals surface area contributed by atoms with Crippen LogP contribution in [0.2, 0.25) is 0 Å². The Morgan fingerprint density at radius 2 is 1.60 bits per heavy atom. The maximum atomic E-state index is 12.2. The van der Waals surface area contributed by atoms with Crippen molar-refractivity contribution in [1.82, 2.24) is 0 Å². The van der Waals surface area contributed by atoms with Crippen molar-refractivity contribution in [1.29, 1.82) is 0 Å². The number of ether oxygens (including phenoxy) is 1. The van der Waals surface area contributed by atoms with Crippen molar-refractivity contribution in [3.05, 3.63) is 54.1 Å². The van der Waals surface area contributed by atoms with E-state index in [9.17, 15) is 14.4 Å². The van der Waals surface area contributed by atoms with E-state index >= 15 is 0 Å². The van der Waals surface area contributed by atoms with Gasteiger partial charge in [0.15, 0.2) is 11.9 Å². The van der Waals surface area contributed by atoms with Crippen molar-refractivity contribution in [2.24, 2.45) is 0 Å². The summed E-state index contributed by atoms with van der Waals surface area (Å²) in [7, 11) is 0. The zero-order valence-electron chi connectivity index (χ0n) is 14.3. The van der Waals surface area contributed by atoms with E-state index in [1.807, 2.05) is 0 Å². The molecule has 0 aromatic heterocycles. The minimum Gasteiger partial charge on any atom is -0.481 e. The Kier molecular flexibility index (Phi) is 5.89. The number of nitrogens with one attached hydrogen (secondary N) is 2. The normalized spacial score (nSPS) is 11.3. The summed E-state index contributed by atoms with van der Waals surface area (Å²) in [5.41, 5.74) is 1.71. The molecule has 0 aliphatic heterocycles. The molecule has 0 saturated heterocycles. The van der Waals surface area contributed by atoms with E-state index in [0.29, 0.717) is 22.7 Å². The molecule has 2 aromatic carbocycles. The van der Waals surface area contributed by atoms with Gasteiger partial charge in [-0.05, 0) is 50.2 Å². The lowest BCUT2D eigenvalue weighted by atomic mass is 10.1. The van der Waals surface area contributed by atoms with E-state index in [-0.39, 0.29) is 17.6 Å². The second-order valence-corrected chi connectivity index (χ2v) is 5.59. The van der Waals surface area contributed by atoms with Gasteiger partial charge in [-0.25, -0.2) is 0 Å². The minimum atomic E-state index is -0.729. The summed E-state index contributed by atoms with van der Waals surface area (Å²) < 4.78 is 5.59. The van der Waals surface area contributed by atoms with Gasteiger partial charge in [0, 0.05) is 23.9 Å². The number of carbonyl (C=O) groups excluding carboxylic acids is 3. The smallest absolute Gasteiger partial charge is 0.265 e. The molecule has 0 fully saturated rings. The van der Waals surface area contributed by atoms with Gasteiger partial charge in [-0.15, -0.1) is 0 Å². The third-order valence-corrected chi connectivity index (χ3v) is 3.39. The second-order valence-electron chi connectivity index (χ2n) is 5.59. The van der Waals surface area contributed by atoms with Crippen LogP contribution in [0.25, 0.3) is 0 Å². The molecule has 25 heavy (non-hydrogen) atoms. The number of amides is 2. The Morgan fingerprint density at radius 3 is 2.20 bits per heavy atom. The first kappa shape index (κ1) is 18.2. The Balaban J connectivity index is 1.97. The van der Waals surface area contributed by atoms with Crippen LogP contribution in [0.5, 0.6) is 5.75 Å². The number of benzene rings is 2. The molecule has 0 aliphatic carbocycles. The molecule has 2 aromatic rings. The predicted molar refractivity (Wildman–Crippen MR) is 95.9 cm³/mol. The van der Waals surface area contributed by atoms with Gasteiger partial charge in [0.05, 0.1) is 0 Å². The molecule has 130 valence electrons. The summed E-state index contributed by atoms with van der Waals surface area (Å²) in [5.74, 6) is -0.0465. The van der Waals surface area contributed by atoms with Crippen molar-refractivity contribution in [3.8, 4) is 5.75 Å². The first-order valence-corrected chi connectivity index (χ1v) is 7.81. The Morgan fingerprint density at radius 1 is 0.920 bits per heavy atom. The molecule has 2 rings (SSSR count). The fraction of sp³-hybridized carbons (Fsp3) is 0.211. The number of hydrogen-bond acceptors (Lipinski definition) is 4. The van der Waals surface area contributed by atoms with Gasteiger partial charge in [0.25, 0.3) is 5.91 Å². The topological polar surface area (TPSA) is 84.5 Å². The fourth-order valence-corrected chi connectivity index (χ4v) is 2.14. The SMILES string of the molecule is CC(=O)Nc1ccc(O[C@H](C)C(=O)Nc2cccc(C(C)=O)c2)cc1. The molecule has 0 heterocycles. The lowest BCUT2D eigenvalue weighted by Crippen LogP contribution is -2.30. The number of Topliss-reactive ketones (excluding diaryl/α,β-unsaturated/α-hetero) is 1. The third kappa shape index (κ3) is 5.46. The average Bonchev–Trinajstić information content (AvgIpc) is 2.56. The largest absolute Gasteiger partial charge is 0.481 e. The maximum Gasteiger partial charge on any atom is 0.265 e. The molecule has 0 spiro atoms. The molecule has 0 radical (unpaired) electrons. The lowest BCUT2D eigenvalue weighted by molar-refractivity contribution is -0.122. The summed E-state index contributed by atoms with van der Waals surface area (Å²) in [4.78, 5) is 34.6. The number of ketones is 1. The van der Waals surface area contributed by atoms with Crippen LogP contribution in [0, 0.1) is 0 Å². The Hall–Kier alpha value is -3.15. The predicted octanol–water partition coefficient (Wildman–Crippen LogP) is 3.25. The van der Waals surface area contributed by atoms with Crippen molar-refractivity contribution < 1.29 is 19.1 Å². The Bertz CT molecular complexity index is 784. The molecule has 2 amide bonds. The van der Waals surface area contributed by atoms with Crippen molar-refractivity contribution >= 4 is 29.0 Å². The third-order valence-electron chi connectivity index (χ3n) is 3.39. The zero-order chi connectivity index (χ0) is 18.4. The first-order chi connectivity index (χ1) is 11.8. The van der Waals surface area contributed by atoms with Gasteiger partial charge >= 0.3 is 0 Å². The summed E-state index contributed by atoms with van der Waals surface area (Å²) in [6.45, 7) is 4.53. The molecule has 2 N–H and O–H groups in total. The molecular formula is C19H20N2O4. The van der Waals surface area contributed by atoms with Crippen molar-refractivity contribution in [2.45, 2.75) is 26.9 Å². The summed E-state index contributed by atoms with van der Waals surface area (Å²) in [6, 6.07) is 13.5. The average molecular weight is 340 g/mol. The van der Waals surface area contributed by atoms with E-state index in [1.54, 1.807) is 55.5 Å². The number of carbonyl (C=O) groups is 3. The van der Waals surface area contributed by atoms with Gasteiger partial charge in [-0.1, -0.05) is 12.1 Å². The van der Waals surface area contributed by atoms with Gasteiger partial charge in [0.2, 0.25) is 5.91 Å². The highest BCUT2D eigenvalue weighted by Crippen LogP contribution is 2.18. The molecule has 0 bridgehead atoms. The van der Waals surface area contributed by atoms with Crippen LogP contribution in [0.1, 0.15) is 31.1 Å². The number of hydrogen-bond donors (Lipinski definition) is 2. The van der Waals surface area contributed by atoms with Gasteiger partial charge in [-0.2, -0.15) is 0 Å². The zero-order valence-corrected chi connectivity index (χ0v) is 14.3. The van der Waals surface area contributed by atoms with E-state index in [1.165, 1.54) is 13.8 Å². The number of anilines is 2. The van der Waals surface area contributed by atoms with E-state index < -0.39 is 6.10 Å². The van der Waals surface area contributed by atoms with E-state index in [2.05, 4.69) is 10.6 Å². The van der Waals surface area contributed by atoms with Crippen LogP contribution in [0.3, 0.4) is 0 Å². The van der Waals surface area contributed by atoms with Crippen molar-refractivity contribution in [3.63, 3.8) is 0 Å². The van der Waals surface area contributed by atoms with Crippen LogP contribution in [-0.2, 0) is 9.59 Å². The number of rotatable bonds is 6. The molecule has 0 aliphatic rings. The fourth-order valence-electron chi connectivity index (χ4n) is 2.14. The summed E-state index contributed by atoms with van der Waals surface area (Å²) in [5, 5.41) is 5.38. The minimum absolute atomic E-state index is 0.0698. The highest BCUT2D eigenvalue weighted by Gasteiger charge is 2.15. The first-order valence-electron chi connectivity index (χ1n) is 7.81. The van der Waals surface area contributed by atoms with Crippen LogP contribution < -0.4 is 15.4 Å².